The lowest BCUT2D eigenvalue weighted by Gasteiger charge is -2.28. The fraction of sp³-hybridized carbons (Fsp3) is 0.304. The van der Waals surface area contributed by atoms with Gasteiger partial charge in [-0.15, -0.1) is 0 Å². The number of nitrogens with one attached hydrogen (secondary N) is 1. The molecule has 0 atom stereocenters. The normalized spacial score (nSPS) is 13.9. The number of aryl methyl sites for hydroxylation is 1. The Hall–Kier alpha value is -3.95. The first-order valence-corrected chi connectivity index (χ1v) is 10.8. The molecule has 4 aromatic rings. The second-order valence-corrected chi connectivity index (χ2v) is 7.91. The number of halogens is 1. The average Bonchev–Trinajstić information content (AvgIpc) is 3.46. The fourth-order valence-electron chi connectivity index (χ4n) is 3.98. The van der Waals surface area contributed by atoms with Crippen LogP contribution in [0.15, 0.2) is 45.6 Å². The van der Waals surface area contributed by atoms with Gasteiger partial charge in [-0.25, -0.2) is 9.02 Å². The first-order valence-electron chi connectivity index (χ1n) is 10.8. The number of rotatable bonds is 6. The van der Waals surface area contributed by atoms with Gasteiger partial charge in [-0.3, -0.25) is 4.79 Å². The number of hydrogen-bond donors (Lipinski definition) is 1. The molecule has 1 fully saturated rings. The van der Waals surface area contributed by atoms with Crippen LogP contribution in [0.4, 0.5) is 15.8 Å². The molecule has 10 heteroatoms. The van der Waals surface area contributed by atoms with Crippen molar-refractivity contribution in [1.82, 2.24) is 15.5 Å². The van der Waals surface area contributed by atoms with Gasteiger partial charge in [0.2, 0.25) is 0 Å². The zero-order valence-electron chi connectivity index (χ0n) is 18.0. The highest BCUT2D eigenvalue weighted by molar-refractivity contribution is 6.09. The topological polar surface area (TPSA) is 107 Å². The summed E-state index contributed by atoms with van der Waals surface area (Å²) in [6, 6.07) is 9.46. The van der Waals surface area contributed by atoms with E-state index < -0.39 is 11.7 Å². The third kappa shape index (κ3) is 4.23. The Morgan fingerprint density at radius 2 is 1.94 bits per heavy atom. The Bertz CT molecular complexity index is 1300. The van der Waals surface area contributed by atoms with Crippen LogP contribution in [0, 0.1) is 12.7 Å². The third-order valence-electron chi connectivity index (χ3n) is 5.72. The molecule has 5 rings (SSSR count). The molecule has 0 unspecified atom stereocenters. The number of carbonyl (C=O) groups excluding carboxylic acids is 1. The van der Waals surface area contributed by atoms with Gasteiger partial charge in [0.25, 0.3) is 5.91 Å². The van der Waals surface area contributed by atoms with Gasteiger partial charge in [-0.2, -0.15) is 0 Å². The lowest BCUT2D eigenvalue weighted by molar-refractivity contribution is 0.101. The summed E-state index contributed by atoms with van der Waals surface area (Å²) in [7, 11) is 0. The van der Waals surface area contributed by atoms with Crippen LogP contribution >= 0.6 is 0 Å². The minimum atomic E-state index is -0.486. The number of fused-ring (bicyclic) bond motifs is 1. The van der Waals surface area contributed by atoms with Gasteiger partial charge in [0, 0.05) is 19.2 Å². The SMILES string of the molecule is Cc1onc(C(=O)Nc2ccc(N3CCCCC3)c3nonc23)c1COc1cccc(F)c1. The molecule has 0 aliphatic carbocycles. The Morgan fingerprint density at radius 3 is 2.76 bits per heavy atom. The van der Waals surface area contributed by atoms with E-state index in [2.05, 4.69) is 25.7 Å². The summed E-state index contributed by atoms with van der Waals surface area (Å²) in [5.41, 5.74) is 3.00. The molecule has 2 aromatic carbocycles. The predicted molar refractivity (Wildman–Crippen MR) is 118 cm³/mol. The summed E-state index contributed by atoms with van der Waals surface area (Å²) >= 11 is 0. The monoisotopic (exact) mass is 451 g/mol. The number of anilines is 2. The molecule has 1 aliphatic heterocycles. The van der Waals surface area contributed by atoms with E-state index in [0.717, 1.165) is 31.6 Å². The van der Waals surface area contributed by atoms with Crippen molar-refractivity contribution in [3.8, 4) is 5.75 Å². The van der Waals surface area contributed by atoms with Crippen LogP contribution in [0.25, 0.3) is 11.0 Å². The molecule has 0 bridgehead atoms. The summed E-state index contributed by atoms with van der Waals surface area (Å²) in [5, 5.41) is 14.8. The van der Waals surface area contributed by atoms with E-state index in [-0.39, 0.29) is 12.3 Å². The summed E-state index contributed by atoms with van der Waals surface area (Å²) in [4.78, 5) is 15.3. The highest BCUT2D eigenvalue weighted by Crippen LogP contribution is 2.32. The number of carbonyl (C=O) groups is 1. The number of aromatic nitrogens is 3. The molecule has 33 heavy (non-hydrogen) atoms. The van der Waals surface area contributed by atoms with E-state index in [1.165, 1.54) is 18.6 Å². The number of nitrogens with zero attached hydrogens (tertiary/aromatic N) is 4. The van der Waals surface area contributed by atoms with Crippen LogP contribution in [0.1, 0.15) is 41.1 Å². The predicted octanol–water partition coefficient (Wildman–Crippen LogP) is 4.48. The smallest absolute Gasteiger partial charge is 0.278 e. The summed E-state index contributed by atoms with van der Waals surface area (Å²) < 4.78 is 29.3. The minimum Gasteiger partial charge on any atom is -0.489 e. The van der Waals surface area contributed by atoms with Gasteiger partial charge < -0.3 is 19.5 Å². The molecular formula is C23H22FN5O4. The Balaban J connectivity index is 1.36. The van der Waals surface area contributed by atoms with Gasteiger partial charge in [0.15, 0.2) is 16.7 Å². The second-order valence-electron chi connectivity index (χ2n) is 7.91. The highest BCUT2D eigenvalue weighted by Gasteiger charge is 2.24. The first-order chi connectivity index (χ1) is 16.1. The second kappa shape index (κ2) is 8.89. The van der Waals surface area contributed by atoms with Crippen molar-refractivity contribution in [3.63, 3.8) is 0 Å². The number of amides is 1. The molecule has 170 valence electrons. The zero-order chi connectivity index (χ0) is 22.8. The van der Waals surface area contributed by atoms with Gasteiger partial charge in [0.05, 0.1) is 16.9 Å². The first kappa shape index (κ1) is 20.9. The van der Waals surface area contributed by atoms with E-state index >= 15 is 0 Å². The van der Waals surface area contributed by atoms with Crippen molar-refractivity contribution in [2.45, 2.75) is 32.8 Å². The Labute approximate surface area is 188 Å². The Morgan fingerprint density at radius 1 is 1.12 bits per heavy atom. The van der Waals surface area contributed by atoms with Crippen molar-refractivity contribution in [1.29, 1.82) is 0 Å². The van der Waals surface area contributed by atoms with Gasteiger partial charge in [-0.05, 0) is 60.8 Å². The number of hydrogen-bond acceptors (Lipinski definition) is 8. The van der Waals surface area contributed by atoms with Crippen LogP contribution in [-0.4, -0.2) is 34.5 Å². The molecule has 3 heterocycles. The lowest BCUT2D eigenvalue weighted by Crippen LogP contribution is -2.29. The van der Waals surface area contributed by atoms with E-state index in [0.29, 0.717) is 33.8 Å². The standard InChI is InChI=1S/C23H22FN5O4/c1-14-17(13-31-16-7-5-6-15(24)12-16)20(26-32-14)23(30)25-18-8-9-19(22-21(18)27-33-28-22)29-10-3-2-4-11-29/h5-9,12H,2-4,10-11,13H2,1H3,(H,25,30). The molecule has 1 N–H and O–H groups in total. The third-order valence-corrected chi connectivity index (χ3v) is 5.72. The van der Waals surface area contributed by atoms with Crippen molar-refractivity contribution in [2.24, 2.45) is 0 Å². The number of piperidine rings is 1. The molecule has 1 aliphatic rings. The molecule has 0 radical (unpaired) electrons. The van der Waals surface area contributed by atoms with Gasteiger partial charge in [-0.1, -0.05) is 11.2 Å². The van der Waals surface area contributed by atoms with Gasteiger partial charge in [0.1, 0.15) is 23.9 Å². The summed E-state index contributed by atoms with van der Waals surface area (Å²) in [6.07, 6.45) is 3.46. The number of ether oxygens (including phenoxy) is 1. The summed E-state index contributed by atoms with van der Waals surface area (Å²) in [5.74, 6) is -0.124. The molecule has 0 spiro atoms. The van der Waals surface area contributed by atoms with Crippen molar-refractivity contribution in [2.75, 3.05) is 23.3 Å². The molecule has 9 nitrogen and oxygen atoms in total. The largest absolute Gasteiger partial charge is 0.489 e. The Kier molecular flexibility index (Phi) is 5.64. The average molecular weight is 451 g/mol. The lowest BCUT2D eigenvalue weighted by atomic mass is 10.1. The quantitative estimate of drug-likeness (QED) is 0.457. The highest BCUT2D eigenvalue weighted by atomic mass is 19.1. The van der Waals surface area contributed by atoms with Crippen LogP contribution < -0.4 is 15.0 Å². The van der Waals surface area contributed by atoms with Crippen LogP contribution in [0.2, 0.25) is 0 Å². The van der Waals surface area contributed by atoms with Crippen LogP contribution in [0.5, 0.6) is 5.75 Å². The molecule has 1 amide bonds. The molecule has 2 aromatic heterocycles. The van der Waals surface area contributed by atoms with Gasteiger partial charge >= 0.3 is 0 Å². The molecule has 0 saturated carbocycles. The van der Waals surface area contributed by atoms with Crippen molar-refractivity contribution >= 4 is 28.3 Å². The van der Waals surface area contributed by atoms with Crippen LogP contribution in [-0.2, 0) is 6.61 Å². The van der Waals surface area contributed by atoms with E-state index in [1.54, 1.807) is 25.1 Å². The maximum atomic E-state index is 13.4. The zero-order valence-corrected chi connectivity index (χ0v) is 18.0. The maximum Gasteiger partial charge on any atom is 0.278 e. The van der Waals surface area contributed by atoms with Crippen molar-refractivity contribution in [3.05, 3.63) is 59.2 Å². The van der Waals surface area contributed by atoms with Crippen LogP contribution in [0.3, 0.4) is 0 Å². The molecule has 1 saturated heterocycles. The fourth-order valence-corrected chi connectivity index (χ4v) is 3.98. The molecular weight excluding hydrogens is 429 g/mol. The van der Waals surface area contributed by atoms with E-state index in [4.69, 9.17) is 13.9 Å². The minimum absolute atomic E-state index is 0.00361. The number of benzene rings is 2. The van der Waals surface area contributed by atoms with E-state index in [1.807, 2.05) is 6.07 Å². The van der Waals surface area contributed by atoms with E-state index in [9.17, 15) is 9.18 Å². The maximum absolute atomic E-state index is 13.4. The van der Waals surface area contributed by atoms with Crippen molar-refractivity contribution < 1.29 is 23.1 Å². The summed E-state index contributed by atoms with van der Waals surface area (Å²) in [6.45, 7) is 3.57.